The summed E-state index contributed by atoms with van der Waals surface area (Å²) in [5.41, 5.74) is 0. The average molecular weight is 212 g/mol. The molecule has 3 nitrogen and oxygen atoms in total. The van der Waals surface area contributed by atoms with E-state index >= 15 is 0 Å². The molecule has 1 fully saturated rings. The Kier molecular flexibility index (Phi) is 2.82. The molecular formula is C10H12O3S. The third-order valence-corrected chi connectivity index (χ3v) is 3.20. The molecular weight excluding hydrogens is 200 g/mol. The monoisotopic (exact) mass is 212 g/mol. The van der Waals surface area contributed by atoms with Gasteiger partial charge in [0.05, 0.1) is 0 Å². The van der Waals surface area contributed by atoms with Gasteiger partial charge >= 0.3 is 5.97 Å². The number of rotatable bonds is 5. The molecule has 1 N–H and O–H groups in total. The molecule has 0 radical (unpaired) electrons. The first kappa shape index (κ1) is 9.65. The van der Waals surface area contributed by atoms with E-state index in [-0.39, 0.29) is 5.76 Å². The van der Waals surface area contributed by atoms with Crippen LogP contribution in [0.5, 0.6) is 0 Å². The van der Waals surface area contributed by atoms with Crippen molar-refractivity contribution < 1.29 is 14.3 Å². The standard InChI is InChI=1S/C10H12O3S/c11-10(12)8-3-4-9(13-8)14-6-5-7-1-2-7/h3-4,7H,1-2,5-6H2,(H,11,12). The van der Waals surface area contributed by atoms with Crippen LogP contribution < -0.4 is 0 Å². The van der Waals surface area contributed by atoms with Crippen molar-refractivity contribution in [3.05, 3.63) is 17.9 Å². The molecule has 1 aliphatic rings. The van der Waals surface area contributed by atoms with Crippen molar-refractivity contribution in [1.29, 1.82) is 0 Å². The minimum absolute atomic E-state index is 0.0268. The van der Waals surface area contributed by atoms with Crippen LogP contribution in [0.1, 0.15) is 29.8 Å². The summed E-state index contributed by atoms with van der Waals surface area (Å²) in [5, 5.41) is 9.33. The van der Waals surface area contributed by atoms with Crippen LogP contribution in [0.3, 0.4) is 0 Å². The number of carboxylic acid groups (broad SMARTS) is 1. The van der Waals surface area contributed by atoms with Gasteiger partial charge in [-0.25, -0.2) is 4.79 Å². The fraction of sp³-hybridized carbons (Fsp3) is 0.500. The van der Waals surface area contributed by atoms with Gasteiger partial charge in [0.25, 0.3) is 0 Å². The smallest absolute Gasteiger partial charge is 0.371 e. The summed E-state index contributed by atoms with van der Waals surface area (Å²) in [4.78, 5) is 10.5. The lowest BCUT2D eigenvalue weighted by Gasteiger charge is -1.95. The van der Waals surface area contributed by atoms with Crippen LogP contribution in [0.4, 0.5) is 0 Å². The van der Waals surface area contributed by atoms with E-state index in [1.165, 1.54) is 25.3 Å². The number of carbonyl (C=O) groups is 1. The van der Waals surface area contributed by atoms with Crippen LogP contribution in [0, 0.1) is 5.92 Å². The first-order chi connectivity index (χ1) is 6.75. The van der Waals surface area contributed by atoms with E-state index < -0.39 is 5.97 Å². The van der Waals surface area contributed by atoms with Gasteiger partial charge in [0.2, 0.25) is 5.76 Å². The Morgan fingerprint density at radius 1 is 1.57 bits per heavy atom. The van der Waals surface area contributed by atoms with Gasteiger partial charge in [0.1, 0.15) is 0 Å². The molecule has 1 aromatic heterocycles. The highest BCUT2D eigenvalue weighted by Gasteiger charge is 2.20. The molecule has 1 saturated carbocycles. The molecule has 2 rings (SSSR count). The molecule has 0 aromatic carbocycles. The highest BCUT2D eigenvalue weighted by atomic mass is 32.2. The number of hydrogen-bond acceptors (Lipinski definition) is 3. The average Bonchev–Trinajstić information content (AvgIpc) is 2.82. The SMILES string of the molecule is O=C(O)c1ccc(SCCC2CC2)o1. The van der Waals surface area contributed by atoms with Crippen LogP contribution in [-0.2, 0) is 0 Å². The van der Waals surface area contributed by atoms with Crippen LogP contribution in [0.25, 0.3) is 0 Å². The lowest BCUT2D eigenvalue weighted by molar-refractivity contribution is 0.0656. The van der Waals surface area contributed by atoms with E-state index in [1.807, 2.05) is 0 Å². The minimum Gasteiger partial charge on any atom is -0.475 e. The molecule has 0 atom stereocenters. The Hall–Kier alpha value is -0.900. The van der Waals surface area contributed by atoms with E-state index in [4.69, 9.17) is 9.52 Å². The van der Waals surface area contributed by atoms with Gasteiger partial charge in [0.15, 0.2) is 5.09 Å². The fourth-order valence-corrected chi connectivity index (χ4v) is 2.21. The Balaban J connectivity index is 1.79. The van der Waals surface area contributed by atoms with Gasteiger partial charge in [-0.15, -0.1) is 0 Å². The maximum Gasteiger partial charge on any atom is 0.371 e. The zero-order chi connectivity index (χ0) is 9.97. The first-order valence-electron chi connectivity index (χ1n) is 4.71. The van der Waals surface area contributed by atoms with E-state index in [0.717, 1.165) is 11.7 Å². The Morgan fingerprint density at radius 2 is 2.36 bits per heavy atom. The molecule has 4 heteroatoms. The molecule has 76 valence electrons. The summed E-state index contributed by atoms with van der Waals surface area (Å²) in [6, 6.07) is 3.23. The van der Waals surface area contributed by atoms with Crippen molar-refractivity contribution >= 4 is 17.7 Å². The highest BCUT2D eigenvalue weighted by Crippen LogP contribution is 2.34. The topological polar surface area (TPSA) is 50.4 Å². The third kappa shape index (κ3) is 2.54. The Bertz CT molecular complexity index is 328. The number of thioether (sulfide) groups is 1. The van der Waals surface area contributed by atoms with Crippen molar-refractivity contribution in [2.45, 2.75) is 24.4 Å². The molecule has 1 aliphatic carbocycles. The molecule has 0 amide bonds. The van der Waals surface area contributed by atoms with Gasteiger partial charge < -0.3 is 9.52 Å². The van der Waals surface area contributed by atoms with E-state index in [1.54, 1.807) is 17.8 Å². The molecule has 0 saturated heterocycles. The number of carboxylic acids is 1. The largest absolute Gasteiger partial charge is 0.475 e. The van der Waals surface area contributed by atoms with Gasteiger partial charge in [0, 0.05) is 5.75 Å². The van der Waals surface area contributed by atoms with Crippen LogP contribution in [0.15, 0.2) is 21.6 Å². The molecule has 0 spiro atoms. The lowest BCUT2D eigenvalue weighted by atomic mass is 10.3. The molecule has 0 aliphatic heterocycles. The predicted molar refractivity (Wildman–Crippen MR) is 53.7 cm³/mol. The van der Waals surface area contributed by atoms with Gasteiger partial charge in [-0.3, -0.25) is 0 Å². The van der Waals surface area contributed by atoms with Crippen molar-refractivity contribution in [2.75, 3.05) is 5.75 Å². The maximum atomic E-state index is 10.5. The summed E-state index contributed by atoms with van der Waals surface area (Å²) in [6.07, 6.45) is 3.94. The molecule has 1 heterocycles. The van der Waals surface area contributed by atoms with E-state index in [9.17, 15) is 4.79 Å². The zero-order valence-electron chi connectivity index (χ0n) is 7.73. The summed E-state index contributed by atoms with van der Waals surface area (Å²) in [7, 11) is 0. The fourth-order valence-electron chi connectivity index (χ4n) is 1.25. The van der Waals surface area contributed by atoms with Crippen molar-refractivity contribution in [3.63, 3.8) is 0 Å². The van der Waals surface area contributed by atoms with Crippen LogP contribution >= 0.6 is 11.8 Å². The molecule has 0 unspecified atom stereocenters. The molecule has 14 heavy (non-hydrogen) atoms. The van der Waals surface area contributed by atoms with Gasteiger partial charge in [-0.1, -0.05) is 24.6 Å². The quantitative estimate of drug-likeness (QED) is 0.762. The predicted octanol–water partition coefficient (Wildman–Crippen LogP) is 2.87. The summed E-state index contributed by atoms with van der Waals surface area (Å²) < 4.78 is 5.11. The van der Waals surface area contributed by atoms with Crippen molar-refractivity contribution in [1.82, 2.24) is 0 Å². The second kappa shape index (κ2) is 4.09. The number of furan rings is 1. The second-order valence-corrected chi connectivity index (χ2v) is 4.60. The van der Waals surface area contributed by atoms with E-state index in [2.05, 4.69) is 0 Å². The summed E-state index contributed by atoms with van der Waals surface area (Å²) in [5.74, 6) is 0.964. The summed E-state index contributed by atoms with van der Waals surface area (Å²) in [6.45, 7) is 0. The molecule has 1 aromatic rings. The highest BCUT2D eigenvalue weighted by molar-refractivity contribution is 7.99. The first-order valence-corrected chi connectivity index (χ1v) is 5.70. The van der Waals surface area contributed by atoms with E-state index in [0.29, 0.717) is 5.09 Å². The van der Waals surface area contributed by atoms with Crippen LogP contribution in [-0.4, -0.2) is 16.8 Å². The number of hydrogen-bond donors (Lipinski definition) is 1. The second-order valence-electron chi connectivity index (χ2n) is 3.50. The maximum absolute atomic E-state index is 10.5. The summed E-state index contributed by atoms with van der Waals surface area (Å²) >= 11 is 1.60. The Morgan fingerprint density at radius 3 is 2.93 bits per heavy atom. The zero-order valence-corrected chi connectivity index (χ0v) is 8.55. The molecule has 0 bridgehead atoms. The number of aromatic carboxylic acids is 1. The third-order valence-electron chi connectivity index (χ3n) is 2.26. The lowest BCUT2D eigenvalue weighted by Crippen LogP contribution is -1.91. The van der Waals surface area contributed by atoms with Gasteiger partial charge in [-0.2, -0.15) is 0 Å². The Labute approximate surface area is 86.5 Å². The van der Waals surface area contributed by atoms with Crippen molar-refractivity contribution in [2.24, 2.45) is 5.92 Å². The minimum atomic E-state index is -1.00. The normalized spacial score (nSPS) is 15.7. The van der Waals surface area contributed by atoms with Gasteiger partial charge in [-0.05, 0) is 24.5 Å². The van der Waals surface area contributed by atoms with Crippen LogP contribution in [0.2, 0.25) is 0 Å². The van der Waals surface area contributed by atoms with Crippen molar-refractivity contribution in [3.8, 4) is 0 Å².